The van der Waals surface area contributed by atoms with E-state index in [2.05, 4.69) is 0 Å². The molecular formula is C17H13Cl2NO2. The lowest BCUT2D eigenvalue weighted by Gasteiger charge is -2.15. The number of amides is 2. The molecule has 0 radical (unpaired) electrons. The van der Waals surface area contributed by atoms with Crippen molar-refractivity contribution in [3.05, 3.63) is 64.1 Å². The Kier molecular flexibility index (Phi) is 4.19. The van der Waals surface area contributed by atoms with Gasteiger partial charge in [0.15, 0.2) is 0 Å². The van der Waals surface area contributed by atoms with Gasteiger partial charge in [-0.2, -0.15) is 0 Å². The van der Waals surface area contributed by atoms with E-state index in [4.69, 9.17) is 23.2 Å². The number of hydrogen-bond acceptors (Lipinski definition) is 2. The highest BCUT2D eigenvalue weighted by Crippen LogP contribution is 2.31. The quantitative estimate of drug-likeness (QED) is 0.792. The van der Waals surface area contributed by atoms with Crippen molar-refractivity contribution >= 4 is 40.7 Å². The third kappa shape index (κ3) is 2.87. The maximum Gasteiger partial charge on any atom is 0.237 e. The number of hydrogen-bond donors (Lipinski definition) is 0. The molecule has 0 bridgehead atoms. The third-order valence-electron chi connectivity index (χ3n) is 3.73. The molecule has 1 saturated heterocycles. The summed E-state index contributed by atoms with van der Waals surface area (Å²) in [7, 11) is 0. The maximum atomic E-state index is 12.6. The van der Waals surface area contributed by atoms with Crippen LogP contribution in [0.5, 0.6) is 0 Å². The largest absolute Gasteiger partial charge is 0.274 e. The smallest absolute Gasteiger partial charge is 0.237 e. The fourth-order valence-electron chi connectivity index (χ4n) is 2.67. The number of imide groups is 1. The molecular weight excluding hydrogens is 321 g/mol. The number of anilines is 1. The Labute approximate surface area is 138 Å². The van der Waals surface area contributed by atoms with Gasteiger partial charge in [0.05, 0.1) is 11.6 Å². The molecule has 1 aliphatic rings. The molecule has 1 fully saturated rings. The lowest BCUT2D eigenvalue weighted by Crippen LogP contribution is -2.30. The monoisotopic (exact) mass is 333 g/mol. The van der Waals surface area contributed by atoms with Crippen molar-refractivity contribution in [3.8, 4) is 0 Å². The first kappa shape index (κ1) is 15.1. The minimum absolute atomic E-state index is 0.191. The van der Waals surface area contributed by atoms with E-state index in [1.165, 1.54) is 4.90 Å². The molecule has 5 heteroatoms. The highest BCUT2D eigenvalue weighted by Gasteiger charge is 2.39. The van der Waals surface area contributed by atoms with Gasteiger partial charge in [0.1, 0.15) is 0 Å². The van der Waals surface area contributed by atoms with Gasteiger partial charge in [-0.25, -0.2) is 0 Å². The fourth-order valence-corrected chi connectivity index (χ4v) is 3.07. The second-order valence-corrected chi connectivity index (χ2v) is 6.09. The van der Waals surface area contributed by atoms with Crippen LogP contribution in [0.15, 0.2) is 48.5 Å². The van der Waals surface area contributed by atoms with Crippen molar-refractivity contribution in [1.82, 2.24) is 0 Å². The number of rotatable bonds is 3. The zero-order valence-corrected chi connectivity index (χ0v) is 13.1. The molecule has 0 N–H and O–H groups in total. The third-order valence-corrected chi connectivity index (χ3v) is 4.33. The average Bonchev–Trinajstić information content (AvgIpc) is 2.76. The second-order valence-electron chi connectivity index (χ2n) is 5.24. The van der Waals surface area contributed by atoms with Gasteiger partial charge in [-0.05, 0) is 36.2 Å². The van der Waals surface area contributed by atoms with Crippen LogP contribution in [0.2, 0.25) is 10.0 Å². The van der Waals surface area contributed by atoms with Crippen LogP contribution >= 0.6 is 23.2 Å². The summed E-state index contributed by atoms with van der Waals surface area (Å²) in [6, 6.07) is 14.1. The van der Waals surface area contributed by atoms with Crippen molar-refractivity contribution in [1.29, 1.82) is 0 Å². The molecule has 2 aromatic carbocycles. The Morgan fingerprint density at radius 1 is 1.05 bits per heavy atom. The Bertz CT molecular complexity index is 745. The SMILES string of the molecule is O=C1CC(Cc2ccccc2Cl)C(=O)N1c1cccc(Cl)c1. The summed E-state index contributed by atoms with van der Waals surface area (Å²) in [5, 5.41) is 1.11. The zero-order valence-electron chi connectivity index (χ0n) is 11.6. The Morgan fingerprint density at radius 2 is 1.82 bits per heavy atom. The highest BCUT2D eigenvalue weighted by atomic mass is 35.5. The molecule has 1 atom stereocenters. The van der Waals surface area contributed by atoms with Gasteiger partial charge in [-0.3, -0.25) is 14.5 Å². The summed E-state index contributed by atoms with van der Waals surface area (Å²) in [4.78, 5) is 26.0. The molecule has 2 amide bonds. The summed E-state index contributed by atoms with van der Waals surface area (Å²) >= 11 is 12.1. The van der Waals surface area contributed by atoms with Crippen LogP contribution in [-0.4, -0.2) is 11.8 Å². The number of benzene rings is 2. The highest BCUT2D eigenvalue weighted by molar-refractivity contribution is 6.32. The van der Waals surface area contributed by atoms with Crippen molar-refractivity contribution in [2.24, 2.45) is 5.92 Å². The molecule has 112 valence electrons. The normalized spacial score (nSPS) is 18.1. The minimum Gasteiger partial charge on any atom is -0.274 e. The van der Waals surface area contributed by atoms with Crippen molar-refractivity contribution in [2.45, 2.75) is 12.8 Å². The second kappa shape index (κ2) is 6.11. The predicted octanol–water partition coefficient (Wildman–Crippen LogP) is 4.12. The van der Waals surface area contributed by atoms with Crippen LogP contribution in [0.25, 0.3) is 0 Å². The van der Waals surface area contributed by atoms with Crippen LogP contribution in [0.1, 0.15) is 12.0 Å². The summed E-state index contributed by atoms with van der Waals surface area (Å²) < 4.78 is 0. The minimum atomic E-state index is -0.383. The molecule has 3 nitrogen and oxygen atoms in total. The molecule has 1 unspecified atom stereocenters. The Balaban J connectivity index is 1.84. The van der Waals surface area contributed by atoms with Crippen LogP contribution in [0.3, 0.4) is 0 Å². The molecule has 3 rings (SSSR count). The first-order valence-electron chi connectivity index (χ1n) is 6.92. The fraction of sp³-hybridized carbons (Fsp3) is 0.176. The first-order valence-corrected chi connectivity index (χ1v) is 7.67. The van der Waals surface area contributed by atoms with Gasteiger partial charge in [0.25, 0.3) is 0 Å². The van der Waals surface area contributed by atoms with Crippen molar-refractivity contribution in [3.63, 3.8) is 0 Å². The lowest BCUT2D eigenvalue weighted by molar-refractivity contribution is -0.122. The molecule has 22 heavy (non-hydrogen) atoms. The van der Waals surface area contributed by atoms with Gasteiger partial charge in [-0.15, -0.1) is 0 Å². The lowest BCUT2D eigenvalue weighted by atomic mass is 9.98. The Hall–Kier alpha value is -1.84. The molecule has 0 aromatic heterocycles. The Morgan fingerprint density at radius 3 is 2.55 bits per heavy atom. The number of nitrogens with zero attached hydrogens (tertiary/aromatic N) is 1. The zero-order chi connectivity index (χ0) is 15.7. The molecule has 0 spiro atoms. The molecule has 1 aliphatic heterocycles. The maximum absolute atomic E-state index is 12.6. The van der Waals surface area contributed by atoms with Crippen molar-refractivity contribution in [2.75, 3.05) is 4.90 Å². The number of carbonyl (C=O) groups is 2. The standard InChI is InChI=1S/C17H13Cl2NO2/c18-13-5-3-6-14(10-13)20-16(21)9-12(17(20)22)8-11-4-1-2-7-15(11)19/h1-7,10,12H,8-9H2. The van der Waals surface area contributed by atoms with E-state index in [9.17, 15) is 9.59 Å². The van der Waals surface area contributed by atoms with Crippen LogP contribution in [0, 0.1) is 5.92 Å². The van der Waals surface area contributed by atoms with E-state index >= 15 is 0 Å². The van der Waals surface area contributed by atoms with Crippen LogP contribution < -0.4 is 4.90 Å². The van der Waals surface area contributed by atoms with Crippen LogP contribution in [0.4, 0.5) is 5.69 Å². The molecule has 2 aromatic rings. The molecule has 0 saturated carbocycles. The van der Waals surface area contributed by atoms with E-state index in [0.717, 1.165) is 5.56 Å². The van der Waals surface area contributed by atoms with Gasteiger partial charge >= 0.3 is 0 Å². The van der Waals surface area contributed by atoms with E-state index in [0.29, 0.717) is 22.2 Å². The van der Waals surface area contributed by atoms with Crippen LogP contribution in [-0.2, 0) is 16.0 Å². The van der Waals surface area contributed by atoms with E-state index in [1.54, 1.807) is 30.3 Å². The van der Waals surface area contributed by atoms with Crippen molar-refractivity contribution < 1.29 is 9.59 Å². The average molecular weight is 334 g/mol. The first-order chi connectivity index (χ1) is 10.6. The number of carbonyl (C=O) groups excluding carboxylic acids is 2. The topological polar surface area (TPSA) is 37.4 Å². The van der Waals surface area contributed by atoms with Gasteiger partial charge in [0.2, 0.25) is 11.8 Å². The van der Waals surface area contributed by atoms with E-state index in [1.807, 2.05) is 18.2 Å². The summed E-state index contributed by atoms with van der Waals surface area (Å²) in [5.74, 6) is -0.789. The van der Waals surface area contributed by atoms with E-state index < -0.39 is 0 Å². The van der Waals surface area contributed by atoms with Gasteiger partial charge in [-0.1, -0.05) is 47.5 Å². The van der Waals surface area contributed by atoms with Gasteiger partial charge in [0, 0.05) is 16.5 Å². The predicted molar refractivity (Wildman–Crippen MR) is 87.2 cm³/mol. The van der Waals surface area contributed by atoms with Gasteiger partial charge < -0.3 is 0 Å². The molecule has 1 heterocycles. The summed E-state index contributed by atoms with van der Waals surface area (Å²) in [6.07, 6.45) is 0.651. The number of halogens is 2. The summed E-state index contributed by atoms with van der Waals surface area (Å²) in [5.41, 5.74) is 1.40. The molecule has 0 aliphatic carbocycles. The summed E-state index contributed by atoms with van der Waals surface area (Å²) in [6.45, 7) is 0. The van der Waals surface area contributed by atoms with E-state index in [-0.39, 0.29) is 24.2 Å².